The Morgan fingerprint density at radius 1 is 1.29 bits per heavy atom. The van der Waals surface area contributed by atoms with Crippen molar-refractivity contribution in [2.45, 2.75) is 0 Å². The zero-order valence-electron chi connectivity index (χ0n) is 7.12. The zero-order valence-corrected chi connectivity index (χ0v) is 7.12. The fraction of sp³-hybridized carbons (Fsp3) is 0. The van der Waals surface area contributed by atoms with Gasteiger partial charge in [-0.25, -0.2) is 5.01 Å². The van der Waals surface area contributed by atoms with Crippen molar-refractivity contribution in [1.82, 2.24) is 5.34 Å². The Morgan fingerprint density at radius 3 is 3.07 bits per heavy atom. The summed E-state index contributed by atoms with van der Waals surface area (Å²) in [6, 6.07) is 7.38. The quantitative estimate of drug-likeness (QED) is 0.621. The minimum Gasteiger partial charge on any atom is -0.733 e. The van der Waals surface area contributed by atoms with Crippen molar-refractivity contribution in [2.75, 3.05) is 5.01 Å². The van der Waals surface area contributed by atoms with Gasteiger partial charge in [-0.2, -0.15) is 0 Å². The summed E-state index contributed by atoms with van der Waals surface area (Å²) < 4.78 is 0. The van der Waals surface area contributed by atoms with Crippen LogP contribution in [-0.4, -0.2) is 11.6 Å². The minimum atomic E-state index is 0.430. The number of hydrazine groups is 1. The van der Waals surface area contributed by atoms with Gasteiger partial charge in [0, 0.05) is 0 Å². The molecule has 1 aromatic rings. The molecule has 0 spiro atoms. The average molecular weight is 188 g/mol. The molecular formula is C9H6N3O2-. The predicted molar refractivity (Wildman–Crippen MR) is 51.4 cm³/mol. The summed E-state index contributed by atoms with van der Waals surface area (Å²) in [5.74, 6) is 0. The van der Waals surface area contributed by atoms with E-state index in [1.165, 1.54) is 11.3 Å². The number of hydrogen-bond acceptors (Lipinski definition) is 5. The van der Waals surface area contributed by atoms with Crippen LogP contribution >= 0.6 is 0 Å². The van der Waals surface area contributed by atoms with Gasteiger partial charge in [0.2, 0.25) is 0 Å². The highest BCUT2D eigenvalue weighted by Crippen LogP contribution is 2.36. The molecule has 0 radical (unpaired) electrons. The molecular weight excluding hydrogens is 182 g/mol. The molecule has 0 aromatic heterocycles. The van der Waals surface area contributed by atoms with Gasteiger partial charge in [-0.1, -0.05) is 12.1 Å². The van der Waals surface area contributed by atoms with E-state index in [0.29, 0.717) is 11.0 Å². The van der Waals surface area contributed by atoms with Crippen molar-refractivity contribution in [3.63, 3.8) is 0 Å². The zero-order chi connectivity index (χ0) is 9.54. The summed E-state index contributed by atoms with van der Waals surface area (Å²) in [5.41, 5.74) is 2.13. The Kier molecular flexibility index (Phi) is 1.38. The van der Waals surface area contributed by atoms with Crippen molar-refractivity contribution >= 4 is 17.6 Å². The van der Waals surface area contributed by atoms with Crippen LogP contribution in [0.3, 0.4) is 0 Å². The lowest BCUT2D eigenvalue weighted by molar-refractivity contribution is -0.0373. The maximum atomic E-state index is 11.3. The highest BCUT2D eigenvalue weighted by molar-refractivity contribution is 5.93. The molecule has 70 valence electrons. The molecule has 0 atom stereocenters. The molecule has 0 amide bonds. The van der Waals surface area contributed by atoms with E-state index in [9.17, 15) is 5.21 Å². The van der Waals surface area contributed by atoms with Crippen LogP contribution in [0.1, 0.15) is 0 Å². The number of rotatable bonds is 0. The minimum absolute atomic E-state index is 0.430. The van der Waals surface area contributed by atoms with E-state index in [4.69, 9.17) is 4.84 Å². The van der Waals surface area contributed by atoms with E-state index >= 15 is 0 Å². The molecule has 1 aromatic carbocycles. The molecule has 0 fully saturated rings. The molecule has 5 heteroatoms. The summed E-state index contributed by atoms with van der Waals surface area (Å²) in [6.45, 7) is 0. The van der Waals surface area contributed by atoms with Crippen molar-refractivity contribution in [3.05, 3.63) is 41.4 Å². The van der Waals surface area contributed by atoms with E-state index in [0.717, 1.165) is 11.4 Å². The number of nitrogens with zero attached hydrogens (tertiary/aromatic N) is 3. The second kappa shape index (κ2) is 2.57. The largest absolute Gasteiger partial charge is 0.733 e. The molecule has 2 aliphatic rings. The highest BCUT2D eigenvalue weighted by atomic mass is 16.9. The summed E-state index contributed by atoms with van der Waals surface area (Å²) in [6.07, 6.45) is 2.96. The molecule has 0 bridgehead atoms. The van der Waals surface area contributed by atoms with E-state index in [1.807, 2.05) is 24.3 Å². The van der Waals surface area contributed by atoms with Crippen LogP contribution in [0.15, 0.2) is 41.2 Å². The number of anilines is 1. The number of fused-ring (bicyclic) bond motifs is 3. The Balaban J connectivity index is 2.19. The Morgan fingerprint density at radius 2 is 2.14 bits per heavy atom. The van der Waals surface area contributed by atoms with Gasteiger partial charge in [-0.15, -0.1) is 5.34 Å². The van der Waals surface area contributed by atoms with Gasteiger partial charge in [-0.05, 0) is 12.1 Å². The Bertz CT molecular complexity index is 441. The first-order chi connectivity index (χ1) is 6.86. The van der Waals surface area contributed by atoms with Crippen LogP contribution in [0.2, 0.25) is 0 Å². The van der Waals surface area contributed by atoms with Gasteiger partial charge in [-0.3, -0.25) is 4.99 Å². The van der Waals surface area contributed by atoms with E-state index < -0.39 is 0 Å². The third-order valence-corrected chi connectivity index (χ3v) is 2.12. The maximum Gasteiger partial charge on any atom is 0.139 e. The Labute approximate surface area is 80.0 Å². The van der Waals surface area contributed by atoms with Crippen LogP contribution in [0.4, 0.5) is 11.4 Å². The Hall–Kier alpha value is -1.85. The van der Waals surface area contributed by atoms with Gasteiger partial charge >= 0.3 is 0 Å². The molecule has 5 nitrogen and oxygen atoms in total. The van der Waals surface area contributed by atoms with Gasteiger partial charge < -0.3 is 10.0 Å². The summed E-state index contributed by atoms with van der Waals surface area (Å²) >= 11 is 0. The normalized spacial score (nSPS) is 18.6. The van der Waals surface area contributed by atoms with Gasteiger partial charge in [0.15, 0.2) is 0 Å². The molecule has 0 aliphatic carbocycles. The standard InChI is InChI=1S/C9H6N3O2/c13-12-11-7(6-14-12)5-10-8-3-1-2-4-9(8)11/h1-6H/q-1. The molecule has 0 N–H and O–H groups in total. The first-order valence-electron chi connectivity index (χ1n) is 4.13. The molecule has 14 heavy (non-hydrogen) atoms. The maximum absolute atomic E-state index is 11.3. The summed E-state index contributed by atoms with van der Waals surface area (Å²) in [7, 11) is 0. The van der Waals surface area contributed by atoms with E-state index in [1.54, 1.807) is 6.21 Å². The smallest absolute Gasteiger partial charge is 0.139 e. The molecule has 2 aliphatic heterocycles. The first kappa shape index (κ1) is 7.54. The van der Waals surface area contributed by atoms with E-state index in [-0.39, 0.29) is 0 Å². The number of aliphatic imine (C=N–C) groups is 1. The summed E-state index contributed by atoms with van der Waals surface area (Å²) in [5, 5.41) is 13.1. The predicted octanol–water partition coefficient (Wildman–Crippen LogP) is 1.71. The molecule has 0 saturated carbocycles. The van der Waals surface area contributed by atoms with Gasteiger partial charge in [0.05, 0.1) is 17.6 Å². The second-order valence-corrected chi connectivity index (χ2v) is 2.94. The van der Waals surface area contributed by atoms with E-state index in [2.05, 4.69) is 4.99 Å². The molecule has 2 heterocycles. The molecule has 0 unspecified atom stereocenters. The lowest BCUT2D eigenvalue weighted by atomic mass is 10.2. The monoisotopic (exact) mass is 188 g/mol. The number of allylic oxidation sites excluding steroid dienone is 1. The van der Waals surface area contributed by atoms with Crippen molar-refractivity contribution < 1.29 is 4.84 Å². The van der Waals surface area contributed by atoms with Gasteiger partial charge in [0.1, 0.15) is 12.0 Å². The van der Waals surface area contributed by atoms with Crippen molar-refractivity contribution in [1.29, 1.82) is 0 Å². The highest BCUT2D eigenvalue weighted by Gasteiger charge is 2.24. The van der Waals surface area contributed by atoms with Crippen molar-refractivity contribution in [3.8, 4) is 0 Å². The number of para-hydroxylation sites is 2. The van der Waals surface area contributed by atoms with Crippen LogP contribution in [0, 0.1) is 5.21 Å². The van der Waals surface area contributed by atoms with Crippen LogP contribution in [0.5, 0.6) is 0 Å². The van der Waals surface area contributed by atoms with Crippen LogP contribution < -0.4 is 5.01 Å². The topological polar surface area (TPSA) is 51.1 Å². The fourth-order valence-electron chi connectivity index (χ4n) is 1.49. The third kappa shape index (κ3) is 0.876. The molecule has 0 saturated heterocycles. The molecule has 3 rings (SSSR count). The van der Waals surface area contributed by atoms with Gasteiger partial charge in [0.25, 0.3) is 0 Å². The number of hydrogen-bond donors (Lipinski definition) is 0. The number of benzene rings is 1. The van der Waals surface area contributed by atoms with Crippen LogP contribution in [0.25, 0.3) is 0 Å². The third-order valence-electron chi connectivity index (χ3n) is 2.12. The lowest BCUT2D eigenvalue weighted by Crippen LogP contribution is -2.33. The fourth-order valence-corrected chi connectivity index (χ4v) is 1.49. The summed E-state index contributed by atoms with van der Waals surface area (Å²) in [4.78, 5) is 8.90. The van der Waals surface area contributed by atoms with Crippen LogP contribution in [-0.2, 0) is 4.84 Å². The van der Waals surface area contributed by atoms with Crippen molar-refractivity contribution in [2.24, 2.45) is 4.99 Å². The second-order valence-electron chi connectivity index (χ2n) is 2.94. The first-order valence-corrected chi connectivity index (χ1v) is 4.13. The SMILES string of the molecule is [O-]N1OC=C2C=Nc3ccccc3N21. The average Bonchev–Trinajstić information content (AvgIpc) is 2.61. The lowest BCUT2D eigenvalue weighted by Gasteiger charge is -2.34.